The minimum atomic E-state index is -1.21. The van der Waals surface area contributed by atoms with E-state index in [1.165, 1.54) is 18.2 Å². The number of aromatic nitrogens is 1. The highest BCUT2D eigenvalue weighted by molar-refractivity contribution is 6.33. The first-order chi connectivity index (χ1) is 9.47. The predicted octanol–water partition coefficient (Wildman–Crippen LogP) is 3.84. The molecule has 0 radical (unpaired) electrons. The molecule has 0 saturated heterocycles. The van der Waals surface area contributed by atoms with Crippen molar-refractivity contribution >= 4 is 35.0 Å². The molecule has 4 nitrogen and oxygen atoms in total. The molecule has 1 aromatic heterocycles. The molecule has 0 aliphatic carbocycles. The maximum Gasteiger partial charge on any atom is 0.356 e. The Morgan fingerprint density at radius 1 is 1.25 bits per heavy atom. The van der Waals surface area contributed by atoms with Crippen LogP contribution in [-0.2, 0) is 6.54 Å². The van der Waals surface area contributed by atoms with Gasteiger partial charge in [-0.2, -0.15) is 0 Å². The van der Waals surface area contributed by atoms with Crippen LogP contribution in [0.4, 0.5) is 10.2 Å². The fraction of sp³-hybridized carbons (Fsp3) is 0.0769. The summed E-state index contributed by atoms with van der Waals surface area (Å²) in [5.74, 6) is -1.34. The van der Waals surface area contributed by atoms with E-state index < -0.39 is 11.8 Å². The van der Waals surface area contributed by atoms with Gasteiger partial charge in [0.1, 0.15) is 11.6 Å². The van der Waals surface area contributed by atoms with Gasteiger partial charge in [0.05, 0.1) is 10.0 Å². The summed E-state index contributed by atoms with van der Waals surface area (Å²) in [7, 11) is 0. The average molecular weight is 315 g/mol. The summed E-state index contributed by atoms with van der Waals surface area (Å²) in [5, 5.41) is 11.9. The highest BCUT2D eigenvalue weighted by Crippen LogP contribution is 2.19. The van der Waals surface area contributed by atoms with E-state index in [0.717, 1.165) is 5.56 Å². The van der Waals surface area contributed by atoms with Gasteiger partial charge in [-0.1, -0.05) is 29.3 Å². The van der Waals surface area contributed by atoms with E-state index >= 15 is 0 Å². The minimum absolute atomic E-state index is 0.0274. The van der Waals surface area contributed by atoms with Gasteiger partial charge in [-0.15, -0.1) is 0 Å². The van der Waals surface area contributed by atoms with E-state index in [9.17, 15) is 9.18 Å². The highest BCUT2D eigenvalue weighted by Gasteiger charge is 2.11. The number of nitrogens with one attached hydrogen (secondary N) is 1. The third-order valence-corrected chi connectivity index (χ3v) is 3.10. The molecule has 0 bridgehead atoms. The minimum Gasteiger partial charge on any atom is -0.476 e. The van der Waals surface area contributed by atoms with E-state index in [4.69, 9.17) is 28.3 Å². The van der Waals surface area contributed by atoms with Crippen LogP contribution in [0.25, 0.3) is 0 Å². The van der Waals surface area contributed by atoms with Crippen molar-refractivity contribution in [2.24, 2.45) is 0 Å². The van der Waals surface area contributed by atoms with E-state index in [2.05, 4.69) is 10.3 Å². The average Bonchev–Trinajstić information content (AvgIpc) is 2.41. The Kier molecular flexibility index (Phi) is 4.42. The summed E-state index contributed by atoms with van der Waals surface area (Å²) in [5.41, 5.74) is 0.513. The topological polar surface area (TPSA) is 62.2 Å². The van der Waals surface area contributed by atoms with Crippen LogP contribution >= 0.6 is 23.2 Å². The van der Waals surface area contributed by atoms with Gasteiger partial charge in [-0.05, 0) is 29.8 Å². The molecule has 20 heavy (non-hydrogen) atoms. The molecular weight excluding hydrogens is 306 g/mol. The second-order valence-electron chi connectivity index (χ2n) is 3.93. The second kappa shape index (κ2) is 6.07. The van der Waals surface area contributed by atoms with E-state index in [-0.39, 0.29) is 15.7 Å². The molecule has 0 atom stereocenters. The fourth-order valence-corrected chi connectivity index (χ4v) is 1.92. The Morgan fingerprint density at radius 3 is 2.65 bits per heavy atom. The molecule has 2 aromatic rings. The molecule has 0 aliphatic rings. The number of aromatic carboxylic acids is 1. The SMILES string of the molecule is O=C(O)c1nc(NCc2ccc(F)c(Cl)c2)ccc1Cl. The first-order valence-electron chi connectivity index (χ1n) is 5.55. The molecule has 0 fully saturated rings. The largest absolute Gasteiger partial charge is 0.476 e. The quantitative estimate of drug-likeness (QED) is 0.900. The second-order valence-corrected chi connectivity index (χ2v) is 4.75. The molecular formula is C13H9Cl2FN2O2. The molecule has 1 aromatic carbocycles. The summed E-state index contributed by atoms with van der Waals surface area (Å²) in [6.45, 7) is 0.327. The molecule has 0 spiro atoms. The smallest absolute Gasteiger partial charge is 0.356 e. The van der Waals surface area contributed by atoms with Crippen LogP contribution in [0.2, 0.25) is 10.0 Å². The van der Waals surface area contributed by atoms with E-state index in [1.54, 1.807) is 12.1 Å². The third kappa shape index (κ3) is 3.37. The van der Waals surface area contributed by atoms with Gasteiger partial charge in [-0.3, -0.25) is 0 Å². The zero-order valence-electron chi connectivity index (χ0n) is 10.0. The summed E-state index contributed by atoms with van der Waals surface area (Å²) in [4.78, 5) is 14.8. The van der Waals surface area contributed by atoms with Crippen molar-refractivity contribution in [2.75, 3.05) is 5.32 Å². The van der Waals surface area contributed by atoms with Crippen molar-refractivity contribution in [1.82, 2.24) is 4.98 Å². The van der Waals surface area contributed by atoms with Crippen molar-refractivity contribution in [3.05, 3.63) is 57.5 Å². The number of halogens is 3. The maximum atomic E-state index is 13.0. The van der Waals surface area contributed by atoms with Crippen molar-refractivity contribution in [2.45, 2.75) is 6.54 Å². The highest BCUT2D eigenvalue weighted by atomic mass is 35.5. The van der Waals surface area contributed by atoms with Crippen LogP contribution in [0.5, 0.6) is 0 Å². The number of carboxylic acid groups (broad SMARTS) is 1. The predicted molar refractivity (Wildman–Crippen MR) is 74.9 cm³/mol. The van der Waals surface area contributed by atoms with Gasteiger partial charge < -0.3 is 10.4 Å². The van der Waals surface area contributed by atoms with E-state index in [1.807, 2.05) is 0 Å². The fourth-order valence-electron chi connectivity index (χ4n) is 1.53. The van der Waals surface area contributed by atoms with Crippen molar-refractivity contribution < 1.29 is 14.3 Å². The lowest BCUT2D eigenvalue weighted by molar-refractivity contribution is 0.0691. The van der Waals surface area contributed by atoms with Crippen molar-refractivity contribution in [3.8, 4) is 0 Å². The standard InChI is InChI=1S/C13H9Cl2FN2O2/c14-8-2-4-11(18-12(8)13(19)20)17-6-7-1-3-10(16)9(15)5-7/h1-5H,6H2,(H,17,18)(H,19,20). The van der Waals surface area contributed by atoms with Gasteiger partial charge >= 0.3 is 5.97 Å². The lowest BCUT2D eigenvalue weighted by Crippen LogP contribution is -2.06. The Bertz CT molecular complexity index is 665. The number of hydrogen-bond donors (Lipinski definition) is 2. The van der Waals surface area contributed by atoms with Gasteiger partial charge in [0, 0.05) is 6.54 Å². The van der Waals surface area contributed by atoms with Crippen LogP contribution < -0.4 is 5.32 Å². The molecule has 1 heterocycles. The van der Waals surface area contributed by atoms with Gasteiger partial charge in [-0.25, -0.2) is 14.2 Å². The number of carboxylic acids is 1. The lowest BCUT2D eigenvalue weighted by Gasteiger charge is -2.08. The number of carbonyl (C=O) groups is 1. The van der Waals surface area contributed by atoms with Crippen molar-refractivity contribution in [1.29, 1.82) is 0 Å². The maximum absolute atomic E-state index is 13.0. The molecule has 0 unspecified atom stereocenters. The summed E-state index contributed by atoms with van der Waals surface area (Å²) < 4.78 is 13.0. The Labute approximate surface area is 124 Å². The van der Waals surface area contributed by atoms with Crippen LogP contribution in [-0.4, -0.2) is 16.1 Å². The molecule has 0 saturated carbocycles. The number of benzene rings is 1. The van der Waals surface area contributed by atoms with Crippen LogP contribution in [0, 0.1) is 5.82 Å². The van der Waals surface area contributed by atoms with Gasteiger partial charge in [0.25, 0.3) is 0 Å². The summed E-state index contributed by atoms with van der Waals surface area (Å²) in [6.07, 6.45) is 0. The zero-order chi connectivity index (χ0) is 14.7. The van der Waals surface area contributed by atoms with E-state index in [0.29, 0.717) is 12.4 Å². The first kappa shape index (κ1) is 14.6. The Hall–Kier alpha value is -1.85. The molecule has 0 amide bonds. The summed E-state index contributed by atoms with van der Waals surface area (Å²) in [6, 6.07) is 7.31. The Morgan fingerprint density at radius 2 is 2.00 bits per heavy atom. The van der Waals surface area contributed by atoms with Gasteiger partial charge in [0.2, 0.25) is 0 Å². The molecule has 2 N–H and O–H groups in total. The number of rotatable bonds is 4. The number of pyridine rings is 1. The first-order valence-corrected chi connectivity index (χ1v) is 6.30. The van der Waals surface area contributed by atoms with Crippen LogP contribution in [0.15, 0.2) is 30.3 Å². The Balaban J connectivity index is 2.12. The normalized spacial score (nSPS) is 10.3. The molecule has 2 rings (SSSR count). The van der Waals surface area contributed by atoms with Gasteiger partial charge in [0.15, 0.2) is 5.69 Å². The monoisotopic (exact) mass is 314 g/mol. The van der Waals surface area contributed by atoms with Crippen LogP contribution in [0.3, 0.4) is 0 Å². The third-order valence-electron chi connectivity index (χ3n) is 2.51. The number of nitrogens with zero attached hydrogens (tertiary/aromatic N) is 1. The molecule has 7 heteroatoms. The molecule has 104 valence electrons. The zero-order valence-corrected chi connectivity index (χ0v) is 11.5. The molecule has 0 aliphatic heterocycles. The number of anilines is 1. The van der Waals surface area contributed by atoms with Crippen LogP contribution in [0.1, 0.15) is 16.1 Å². The van der Waals surface area contributed by atoms with Crippen molar-refractivity contribution in [3.63, 3.8) is 0 Å². The number of hydrogen-bond acceptors (Lipinski definition) is 3. The lowest BCUT2D eigenvalue weighted by atomic mass is 10.2. The summed E-state index contributed by atoms with van der Waals surface area (Å²) >= 11 is 11.4.